The molecule has 16 heavy (non-hydrogen) atoms. The standard InChI is InChI=1S/C14H20O2/c1-6-7-10-8-11(14(2,3)4)9-12(16-5)13(10)15/h6,8-9,15H,1,7H2,2-5H3. The van der Waals surface area contributed by atoms with Crippen LogP contribution in [0.15, 0.2) is 24.8 Å². The molecule has 0 heterocycles. The van der Waals surface area contributed by atoms with Gasteiger partial charge >= 0.3 is 0 Å². The second kappa shape index (κ2) is 4.60. The van der Waals surface area contributed by atoms with Gasteiger partial charge < -0.3 is 9.84 Å². The third-order valence-corrected chi connectivity index (χ3v) is 2.60. The van der Waals surface area contributed by atoms with E-state index >= 15 is 0 Å². The summed E-state index contributed by atoms with van der Waals surface area (Å²) in [5.74, 6) is 0.750. The molecule has 0 aliphatic carbocycles. The van der Waals surface area contributed by atoms with Crippen LogP contribution in [0.3, 0.4) is 0 Å². The topological polar surface area (TPSA) is 29.5 Å². The number of allylic oxidation sites excluding steroid dienone is 1. The van der Waals surface area contributed by atoms with E-state index in [0.717, 1.165) is 11.1 Å². The summed E-state index contributed by atoms with van der Waals surface area (Å²) in [6.07, 6.45) is 2.42. The van der Waals surface area contributed by atoms with Gasteiger partial charge in [0.05, 0.1) is 7.11 Å². The van der Waals surface area contributed by atoms with Crippen LogP contribution in [0.5, 0.6) is 11.5 Å². The Kier molecular flexibility index (Phi) is 3.63. The van der Waals surface area contributed by atoms with E-state index in [9.17, 15) is 5.11 Å². The van der Waals surface area contributed by atoms with Gasteiger partial charge in [-0.05, 0) is 23.5 Å². The smallest absolute Gasteiger partial charge is 0.161 e. The molecule has 0 aliphatic heterocycles. The van der Waals surface area contributed by atoms with E-state index in [0.29, 0.717) is 12.2 Å². The Morgan fingerprint density at radius 3 is 2.44 bits per heavy atom. The van der Waals surface area contributed by atoms with E-state index in [1.807, 2.05) is 12.1 Å². The van der Waals surface area contributed by atoms with E-state index in [4.69, 9.17) is 4.74 Å². The second-order valence-corrected chi connectivity index (χ2v) is 4.93. The van der Waals surface area contributed by atoms with Gasteiger partial charge in [0.25, 0.3) is 0 Å². The maximum Gasteiger partial charge on any atom is 0.161 e. The van der Waals surface area contributed by atoms with Crippen LogP contribution in [0.1, 0.15) is 31.9 Å². The van der Waals surface area contributed by atoms with Crippen LogP contribution in [0, 0.1) is 0 Å². The van der Waals surface area contributed by atoms with Crippen LogP contribution < -0.4 is 4.74 Å². The van der Waals surface area contributed by atoms with Crippen molar-refractivity contribution in [2.75, 3.05) is 7.11 Å². The molecule has 2 nitrogen and oxygen atoms in total. The zero-order valence-corrected chi connectivity index (χ0v) is 10.5. The van der Waals surface area contributed by atoms with Crippen molar-refractivity contribution < 1.29 is 9.84 Å². The van der Waals surface area contributed by atoms with Gasteiger partial charge in [-0.3, -0.25) is 0 Å². The second-order valence-electron chi connectivity index (χ2n) is 4.93. The van der Waals surface area contributed by atoms with Crippen LogP contribution in [0.25, 0.3) is 0 Å². The van der Waals surface area contributed by atoms with Gasteiger partial charge in [-0.1, -0.05) is 32.9 Å². The molecule has 1 rings (SSSR count). The molecule has 0 spiro atoms. The molecule has 0 saturated heterocycles. The average molecular weight is 220 g/mol. The summed E-state index contributed by atoms with van der Waals surface area (Å²) in [6.45, 7) is 10.1. The summed E-state index contributed by atoms with van der Waals surface area (Å²) in [6, 6.07) is 3.90. The summed E-state index contributed by atoms with van der Waals surface area (Å²) >= 11 is 0. The van der Waals surface area contributed by atoms with Crippen LogP contribution in [-0.2, 0) is 11.8 Å². The van der Waals surface area contributed by atoms with E-state index < -0.39 is 0 Å². The molecule has 0 radical (unpaired) electrons. The molecule has 88 valence electrons. The fourth-order valence-electron chi connectivity index (χ4n) is 1.57. The Bertz CT molecular complexity index is 386. The Balaban J connectivity index is 3.33. The number of methoxy groups -OCH3 is 1. The first-order chi connectivity index (χ1) is 7.40. The first kappa shape index (κ1) is 12.6. The summed E-state index contributed by atoms with van der Waals surface area (Å²) < 4.78 is 5.18. The third-order valence-electron chi connectivity index (χ3n) is 2.60. The molecule has 0 unspecified atom stereocenters. The molecule has 1 aromatic rings. The summed E-state index contributed by atoms with van der Waals surface area (Å²) in [4.78, 5) is 0. The zero-order valence-electron chi connectivity index (χ0n) is 10.5. The number of phenolic OH excluding ortho intramolecular Hbond substituents is 1. The van der Waals surface area contributed by atoms with Crippen LogP contribution in [0.2, 0.25) is 0 Å². The lowest BCUT2D eigenvalue weighted by Gasteiger charge is -2.21. The SMILES string of the molecule is C=CCc1cc(C(C)(C)C)cc(OC)c1O. The van der Waals surface area contributed by atoms with Gasteiger partial charge in [0, 0.05) is 5.56 Å². The minimum Gasteiger partial charge on any atom is -0.504 e. The van der Waals surface area contributed by atoms with Gasteiger partial charge in [0.2, 0.25) is 0 Å². The molecule has 0 fully saturated rings. The van der Waals surface area contributed by atoms with E-state index in [2.05, 4.69) is 27.4 Å². The number of phenols is 1. The third kappa shape index (κ3) is 2.57. The first-order valence-electron chi connectivity index (χ1n) is 5.41. The molecule has 2 heteroatoms. The van der Waals surface area contributed by atoms with E-state index in [1.54, 1.807) is 13.2 Å². The lowest BCUT2D eigenvalue weighted by Crippen LogP contribution is -2.11. The Morgan fingerprint density at radius 2 is 2.00 bits per heavy atom. The molecule has 0 aliphatic rings. The summed E-state index contributed by atoms with van der Waals surface area (Å²) in [5, 5.41) is 9.94. The van der Waals surface area contributed by atoms with Crippen molar-refractivity contribution in [3.8, 4) is 11.5 Å². The predicted molar refractivity (Wildman–Crippen MR) is 67.3 cm³/mol. The zero-order chi connectivity index (χ0) is 12.3. The highest BCUT2D eigenvalue weighted by atomic mass is 16.5. The first-order valence-corrected chi connectivity index (χ1v) is 5.41. The Morgan fingerprint density at radius 1 is 1.38 bits per heavy atom. The maximum atomic E-state index is 9.94. The Hall–Kier alpha value is -1.44. The molecular formula is C14H20O2. The molecule has 0 amide bonds. The lowest BCUT2D eigenvalue weighted by atomic mass is 9.85. The quantitative estimate of drug-likeness (QED) is 0.791. The number of aromatic hydroxyl groups is 1. The molecule has 0 atom stereocenters. The number of rotatable bonds is 3. The normalized spacial score (nSPS) is 11.2. The van der Waals surface area contributed by atoms with Crippen molar-refractivity contribution in [3.05, 3.63) is 35.9 Å². The van der Waals surface area contributed by atoms with E-state index in [-0.39, 0.29) is 11.2 Å². The van der Waals surface area contributed by atoms with Gasteiger partial charge in [-0.2, -0.15) is 0 Å². The molecule has 1 N–H and O–H groups in total. The summed E-state index contributed by atoms with van der Waals surface area (Å²) in [5.41, 5.74) is 2.05. The van der Waals surface area contributed by atoms with Crippen molar-refractivity contribution in [2.24, 2.45) is 0 Å². The average Bonchev–Trinajstić information content (AvgIpc) is 2.19. The van der Waals surface area contributed by atoms with Gasteiger partial charge in [0.15, 0.2) is 11.5 Å². The highest BCUT2D eigenvalue weighted by molar-refractivity contribution is 5.50. The van der Waals surface area contributed by atoms with Crippen molar-refractivity contribution in [3.63, 3.8) is 0 Å². The number of benzene rings is 1. The largest absolute Gasteiger partial charge is 0.504 e. The minimum absolute atomic E-state index is 0.0386. The summed E-state index contributed by atoms with van der Waals surface area (Å²) in [7, 11) is 1.57. The van der Waals surface area contributed by atoms with Gasteiger partial charge in [-0.25, -0.2) is 0 Å². The maximum absolute atomic E-state index is 9.94. The minimum atomic E-state index is 0.0386. The van der Waals surface area contributed by atoms with Gasteiger partial charge in [0.1, 0.15) is 0 Å². The van der Waals surface area contributed by atoms with Crippen molar-refractivity contribution >= 4 is 0 Å². The van der Waals surface area contributed by atoms with E-state index in [1.165, 1.54) is 0 Å². The Labute approximate surface area is 97.6 Å². The fraction of sp³-hybridized carbons (Fsp3) is 0.429. The predicted octanol–water partition coefficient (Wildman–Crippen LogP) is 3.43. The van der Waals surface area contributed by atoms with Crippen LogP contribution in [0.4, 0.5) is 0 Å². The van der Waals surface area contributed by atoms with Crippen molar-refractivity contribution in [1.82, 2.24) is 0 Å². The molecular weight excluding hydrogens is 200 g/mol. The number of ether oxygens (including phenoxy) is 1. The highest BCUT2D eigenvalue weighted by Gasteiger charge is 2.18. The van der Waals surface area contributed by atoms with Gasteiger partial charge in [-0.15, -0.1) is 6.58 Å². The lowest BCUT2D eigenvalue weighted by molar-refractivity contribution is 0.369. The monoisotopic (exact) mass is 220 g/mol. The van der Waals surface area contributed by atoms with Crippen molar-refractivity contribution in [1.29, 1.82) is 0 Å². The van der Waals surface area contributed by atoms with Crippen molar-refractivity contribution in [2.45, 2.75) is 32.6 Å². The molecule has 0 aromatic heterocycles. The fourth-order valence-corrected chi connectivity index (χ4v) is 1.57. The highest BCUT2D eigenvalue weighted by Crippen LogP contribution is 2.36. The number of hydrogen-bond donors (Lipinski definition) is 1. The molecule has 0 saturated carbocycles. The molecule has 1 aromatic carbocycles. The van der Waals surface area contributed by atoms with Crippen LogP contribution in [-0.4, -0.2) is 12.2 Å². The molecule has 0 bridgehead atoms. The van der Waals surface area contributed by atoms with Crippen LogP contribution >= 0.6 is 0 Å². The number of hydrogen-bond acceptors (Lipinski definition) is 2.